The Morgan fingerprint density at radius 1 is 1.12 bits per heavy atom. The number of fused-ring (bicyclic) bond motifs is 3. The molecule has 116 valence electrons. The van der Waals surface area contributed by atoms with Crippen LogP contribution in [0.5, 0.6) is 5.75 Å². The van der Waals surface area contributed by atoms with Gasteiger partial charge in [0.2, 0.25) is 5.88 Å². The minimum atomic E-state index is -0.266. The summed E-state index contributed by atoms with van der Waals surface area (Å²) in [6.07, 6.45) is 1.72. The van der Waals surface area contributed by atoms with Gasteiger partial charge in [-0.1, -0.05) is 46.3 Å². The molecule has 1 atom stereocenters. The van der Waals surface area contributed by atoms with Crippen LogP contribution in [0.2, 0.25) is 0 Å². The van der Waals surface area contributed by atoms with Crippen LogP contribution in [0, 0.1) is 11.3 Å². The van der Waals surface area contributed by atoms with Gasteiger partial charge in [0.25, 0.3) is 0 Å². The van der Waals surface area contributed by atoms with Gasteiger partial charge in [-0.15, -0.1) is 0 Å². The second-order valence-electron chi connectivity index (χ2n) is 5.54. The van der Waals surface area contributed by atoms with Crippen molar-refractivity contribution in [3.8, 4) is 11.8 Å². The van der Waals surface area contributed by atoms with E-state index in [4.69, 9.17) is 10.5 Å². The summed E-state index contributed by atoms with van der Waals surface area (Å²) >= 11 is 3.44. The summed E-state index contributed by atoms with van der Waals surface area (Å²) in [4.78, 5) is 4.43. The first-order valence-electron chi connectivity index (χ1n) is 7.39. The molecule has 2 N–H and O–H groups in total. The molecule has 3 aromatic rings. The van der Waals surface area contributed by atoms with Crippen LogP contribution < -0.4 is 10.5 Å². The first kappa shape index (κ1) is 14.7. The molecule has 1 aliphatic rings. The van der Waals surface area contributed by atoms with Crippen LogP contribution in [-0.4, -0.2) is 4.98 Å². The molecular weight excluding hydrogens is 366 g/mol. The lowest BCUT2D eigenvalue weighted by Gasteiger charge is -2.27. The van der Waals surface area contributed by atoms with E-state index in [1.54, 1.807) is 6.20 Å². The van der Waals surface area contributed by atoms with Gasteiger partial charge in [-0.3, -0.25) is 4.98 Å². The Morgan fingerprint density at radius 2 is 1.92 bits per heavy atom. The largest absolute Gasteiger partial charge is 0.438 e. The summed E-state index contributed by atoms with van der Waals surface area (Å²) in [6.45, 7) is 0. The summed E-state index contributed by atoms with van der Waals surface area (Å²) in [5.41, 5.74) is 9.10. The van der Waals surface area contributed by atoms with Gasteiger partial charge < -0.3 is 10.5 Å². The predicted octanol–water partition coefficient (Wildman–Crippen LogP) is 4.22. The van der Waals surface area contributed by atoms with Crippen molar-refractivity contribution in [1.29, 1.82) is 5.26 Å². The van der Waals surface area contributed by atoms with Gasteiger partial charge in [-0.05, 0) is 23.8 Å². The quantitative estimate of drug-likeness (QED) is 0.688. The van der Waals surface area contributed by atoms with Crippen molar-refractivity contribution in [3.05, 3.63) is 81.8 Å². The lowest BCUT2D eigenvalue weighted by molar-refractivity contribution is 0.397. The van der Waals surface area contributed by atoms with Gasteiger partial charge in [-0.2, -0.15) is 5.26 Å². The zero-order chi connectivity index (χ0) is 16.7. The van der Waals surface area contributed by atoms with E-state index in [1.807, 2.05) is 48.5 Å². The molecule has 0 fully saturated rings. The third kappa shape index (κ3) is 2.24. The Bertz CT molecular complexity index is 1020. The molecule has 5 heteroatoms. The maximum Gasteiger partial charge on any atom is 0.205 e. The number of nitriles is 1. The summed E-state index contributed by atoms with van der Waals surface area (Å²) in [5, 5.41) is 10.6. The smallest absolute Gasteiger partial charge is 0.205 e. The Balaban J connectivity index is 2.00. The van der Waals surface area contributed by atoms with E-state index >= 15 is 0 Å². The van der Waals surface area contributed by atoms with Gasteiger partial charge >= 0.3 is 0 Å². The third-order valence-electron chi connectivity index (χ3n) is 4.16. The molecule has 0 bridgehead atoms. The van der Waals surface area contributed by atoms with E-state index in [1.165, 1.54) is 0 Å². The summed E-state index contributed by atoms with van der Waals surface area (Å²) < 4.78 is 6.77. The highest BCUT2D eigenvalue weighted by Crippen LogP contribution is 2.44. The molecule has 0 unspecified atom stereocenters. The first-order valence-corrected chi connectivity index (χ1v) is 8.19. The number of ether oxygens (including phenoxy) is 1. The van der Waals surface area contributed by atoms with Crippen molar-refractivity contribution < 1.29 is 4.74 Å². The maximum absolute atomic E-state index is 9.59. The molecule has 24 heavy (non-hydrogen) atoms. The van der Waals surface area contributed by atoms with E-state index in [0.717, 1.165) is 26.5 Å². The molecule has 2 heterocycles. The molecule has 0 saturated carbocycles. The molecule has 1 aromatic heterocycles. The summed E-state index contributed by atoms with van der Waals surface area (Å²) in [6, 6.07) is 17.9. The Kier molecular flexibility index (Phi) is 3.47. The summed E-state index contributed by atoms with van der Waals surface area (Å²) in [7, 11) is 0. The monoisotopic (exact) mass is 377 g/mol. The van der Waals surface area contributed by atoms with Crippen molar-refractivity contribution in [2.45, 2.75) is 5.92 Å². The zero-order valence-corrected chi connectivity index (χ0v) is 14.1. The number of nitrogens with zero attached hydrogens (tertiary/aromatic N) is 2. The average molecular weight is 378 g/mol. The Labute approximate surface area is 147 Å². The van der Waals surface area contributed by atoms with Crippen LogP contribution in [0.1, 0.15) is 17.0 Å². The van der Waals surface area contributed by atoms with E-state index < -0.39 is 0 Å². The second kappa shape index (κ2) is 5.66. The molecule has 1 aliphatic heterocycles. The normalized spacial score (nSPS) is 16.4. The molecule has 4 rings (SSSR count). The molecule has 0 radical (unpaired) electrons. The Hall–Kier alpha value is -2.84. The minimum absolute atomic E-state index is 0.135. The van der Waals surface area contributed by atoms with Crippen LogP contribution in [0.4, 0.5) is 0 Å². The first-order chi connectivity index (χ1) is 11.7. The van der Waals surface area contributed by atoms with Gasteiger partial charge in [0.15, 0.2) is 5.75 Å². The highest BCUT2D eigenvalue weighted by molar-refractivity contribution is 9.10. The number of hydrogen-bond donors (Lipinski definition) is 1. The molecule has 0 saturated heterocycles. The van der Waals surface area contributed by atoms with Crippen molar-refractivity contribution in [3.63, 3.8) is 0 Å². The third-order valence-corrected chi connectivity index (χ3v) is 4.69. The van der Waals surface area contributed by atoms with Crippen LogP contribution >= 0.6 is 15.9 Å². The average Bonchev–Trinajstić information content (AvgIpc) is 2.61. The number of pyridine rings is 1. The van der Waals surface area contributed by atoms with Crippen LogP contribution in [0.25, 0.3) is 10.9 Å². The molecule has 4 nitrogen and oxygen atoms in total. The van der Waals surface area contributed by atoms with Gasteiger partial charge in [0.1, 0.15) is 17.2 Å². The number of hydrogen-bond acceptors (Lipinski definition) is 4. The topological polar surface area (TPSA) is 71.9 Å². The molecular formula is C19H12BrN3O. The van der Waals surface area contributed by atoms with E-state index in [9.17, 15) is 5.26 Å². The fourth-order valence-corrected chi connectivity index (χ4v) is 3.32. The zero-order valence-electron chi connectivity index (χ0n) is 12.5. The molecule has 0 amide bonds. The molecule has 0 spiro atoms. The van der Waals surface area contributed by atoms with Gasteiger partial charge in [0.05, 0.1) is 5.92 Å². The van der Waals surface area contributed by atoms with Crippen LogP contribution in [0.15, 0.2) is 70.7 Å². The number of allylic oxidation sites excluding steroid dienone is 1. The highest BCUT2D eigenvalue weighted by atomic mass is 79.9. The van der Waals surface area contributed by atoms with E-state index in [-0.39, 0.29) is 11.8 Å². The SMILES string of the molecule is N#CC1=C(N)Oc2c(ccc3cccnc23)[C@@H]1c1ccc(Br)cc1. The van der Waals surface area contributed by atoms with Crippen molar-refractivity contribution in [2.75, 3.05) is 0 Å². The van der Waals surface area contributed by atoms with Crippen molar-refractivity contribution in [2.24, 2.45) is 5.73 Å². The van der Waals surface area contributed by atoms with E-state index in [2.05, 4.69) is 27.0 Å². The number of aromatic nitrogens is 1. The molecule has 2 aromatic carbocycles. The van der Waals surface area contributed by atoms with Gasteiger partial charge in [-0.25, -0.2) is 0 Å². The van der Waals surface area contributed by atoms with E-state index in [0.29, 0.717) is 11.3 Å². The fraction of sp³-hybridized carbons (Fsp3) is 0.0526. The summed E-state index contributed by atoms with van der Waals surface area (Å²) in [5.74, 6) is 0.492. The van der Waals surface area contributed by atoms with Crippen molar-refractivity contribution in [1.82, 2.24) is 4.98 Å². The maximum atomic E-state index is 9.59. The van der Waals surface area contributed by atoms with Crippen LogP contribution in [0.3, 0.4) is 0 Å². The number of rotatable bonds is 1. The second-order valence-corrected chi connectivity index (χ2v) is 6.45. The lowest BCUT2D eigenvalue weighted by atomic mass is 9.83. The Morgan fingerprint density at radius 3 is 2.67 bits per heavy atom. The fourth-order valence-electron chi connectivity index (χ4n) is 3.05. The van der Waals surface area contributed by atoms with Gasteiger partial charge in [0, 0.05) is 21.6 Å². The van der Waals surface area contributed by atoms with Crippen LogP contribution in [-0.2, 0) is 0 Å². The number of nitrogens with two attached hydrogens (primary N) is 1. The predicted molar refractivity (Wildman–Crippen MR) is 95.2 cm³/mol. The lowest BCUT2D eigenvalue weighted by Crippen LogP contribution is -2.21. The standard InChI is InChI=1S/C19H12BrN3O/c20-13-6-3-11(4-7-13)16-14-8-5-12-2-1-9-23-17(12)18(14)24-19(22)15(16)10-21/h1-9,16H,22H2/t16-/m0/s1. The minimum Gasteiger partial charge on any atom is -0.438 e. The van der Waals surface area contributed by atoms with Crippen molar-refractivity contribution >= 4 is 26.8 Å². The number of benzene rings is 2. The number of halogens is 1. The highest BCUT2D eigenvalue weighted by Gasteiger charge is 2.31. The molecule has 0 aliphatic carbocycles.